The predicted molar refractivity (Wildman–Crippen MR) is 83.8 cm³/mol. The van der Waals surface area contributed by atoms with Crippen molar-refractivity contribution in [2.75, 3.05) is 6.61 Å². The molecule has 1 unspecified atom stereocenters. The van der Waals surface area contributed by atoms with Gasteiger partial charge < -0.3 is 4.74 Å². The first kappa shape index (κ1) is 14.5. The molecule has 2 aromatic rings. The molecule has 1 atom stereocenters. The second-order valence-electron chi connectivity index (χ2n) is 5.59. The van der Waals surface area contributed by atoms with E-state index in [0.717, 1.165) is 16.7 Å². The first-order valence-corrected chi connectivity index (χ1v) is 7.51. The zero-order valence-electron chi connectivity index (χ0n) is 12.5. The molecule has 112 valence electrons. The van der Waals surface area contributed by atoms with Crippen LogP contribution in [0.4, 0.5) is 0 Å². The number of benzene rings is 2. The minimum absolute atomic E-state index is 0.0161. The maximum absolute atomic E-state index is 13.1. The summed E-state index contributed by atoms with van der Waals surface area (Å²) in [6.45, 7) is 2.10. The lowest BCUT2D eigenvalue weighted by Crippen LogP contribution is -2.36. The topological polar surface area (TPSA) is 43.4 Å². The van der Waals surface area contributed by atoms with Crippen molar-refractivity contribution >= 4 is 11.8 Å². The lowest BCUT2D eigenvalue weighted by molar-refractivity contribution is -0.144. The monoisotopic (exact) mass is 294 g/mol. The molecule has 1 aliphatic carbocycles. The van der Waals surface area contributed by atoms with Crippen LogP contribution < -0.4 is 0 Å². The maximum atomic E-state index is 13.1. The van der Waals surface area contributed by atoms with Crippen LogP contribution >= 0.6 is 0 Å². The molecule has 0 aliphatic heterocycles. The van der Waals surface area contributed by atoms with Crippen molar-refractivity contribution in [3.8, 4) is 0 Å². The Balaban J connectivity index is 2.07. The summed E-state index contributed by atoms with van der Waals surface area (Å²) in [4.78, 5) is 25.2. The van der Waals surface area contributed by atoms with Gasteiger partial charge in [0.2, 0.25) is 0 Å². The summed E-state index contributed by atoms with van der Waals surface area (Å²) in [7, 11) is 0. The van der Waals surface area contributed by atoms with E-state index in [1.807, 2.05) is 54.6 Å². The number of ketones is 1. The lowest BCUT2D eigenvalue weighted by Gasteiger charge is -2.27. The molecule has 0 N–H and O–H groups in total. The average molecular weight is 294 g/mol. The van der Waals surface area contributed by atoms with E-state index in [0.29, 0.717) is 13.0 Å². The zero-order chi connectivity index (χ0) is 15.6. The summed E-state index contributed by atoms with van der Waals surface area (Å²) < 4.78 is 5.11. The standard InChI is InChI=1S/C19H18O3/c1-2-22-17(20)13-19(15-9-4-3-5-10-15)12-14-8-6-7-11-16(14)18(19)21/h3-11H,2,12-13H2,1H3. The third-order valence-corrected chi connectivity index (χ3v) is 4.27. The van der Waals surface area contributed by atoms with E-state index < -0.39 is 5.41 Å². The highest BCUT2D eigenvalue weighted by molar-refractivity contribution is 6.10. The van der Waals surface area contributed by atoms with Gasteiger partial charge in [0.15, 0.2) is 5.78 Å². The van der Waals surface area contributed by atoms with Crippen LogP contribution in [0.3, 0.4) is 0 Å². The van der Waals surface area contributed by atoms with Crippen molar-refractivity contribution in [3.63, 3.8) is 0 Å². The van der Waals surface area contributed by atoms with Gasteiger partial charge in [-0.3, -0.25) is 9.59 Å². The normalized spacial score (nSPS) is 19.8. The molecule has 0 aromatic heterocycles. The van der Waals surface area contributed by atoms with Gasteiger partial charge in [0, 0.05) is 5.56 Å². The van der Waals surface area contributed by atoms with E-state index in [2.05, 4.69) is 0 Å². The third-order valence-electron chi connectivity index (χ3n) is 4.27. The van der Waals surface area contributed by atoms with E-state index in [9.17, 15) is 9.59 Å². The number of Topliss-reactive ketones (excluding diaryl/α,β-unsaturated/α-hetero) is 1. The average Bonchev–Trinajstić information content (AvgIpc) is 2.82. The summed E-state index contributed by atoms with van der Waals surface area (Å²) >= 11 is 0. The number of esters is 1. The predicted octanol–water partition coefficient (Wildman–Crippen LogP) is 3.32. The number of ether oxygens (including phenoxy) is 1. The Morgan fingerprint density at radius 3 is 2.45 bits per heavy atom. The Labute approximate surface area is 129 Å². The molecule has 2 aromatic carbocycles. The summed E-state index contributed by atoms with van der Waals surface area (Å²) in [5, 5.41) is 0. The molecule has 0 saturated heterocycles. The lowest BCUT2D eigenvalue weighted by atomic mass is 9.74. The van der Waals surface area contributed by atoms with Crippen LogP contribution in [0.2, 0.25) is 0 Å². The van der Waals surface area contributed by atoms with Gasteiger partial charge >= 0.3 is 5.97 Å². The van der Waals surface area contributed by atoms with E-state index in [-0.39, 0.29) is 18.2 Å². The van der Waals surface area contributed by atoms with Crippen LogP contribution in [0.1, 0.15) is 34.8 Å². The molecule has 3 heteroatoms. The van der Waals surface area contributed by atoms with Crippen LogP contribution in [0.15, 0.2) is 54.6 Å². The van der Waals surface area contributed by atoms with Crippen LogP contribution in [0, 0.1) is 0 Å². The molecule has 3 nitrogen and oxygen atoms in total. The van der Waals surface area contributed by atoms with Gasteiger partial charge in [-0.2, -0.15) is 0 Å². The highest BCUT2D eigenvalue weighted by Crippen LogP contribution is 2.42. The van der Waals surface area contributed by atoms with Crippen molar-refractivity contribution in [3.05, 3.63) is 71.3 Å². The highest BCUT2D eigenvalue weighted by atomic mass is 16.5. The largest absolute Gasteiger partial charge is 0.466 e. The minimum Gasteiger partial charge on any atom is -0.466 e. The van der Waals surface area contributed by atoms with E-state index in [1.54, 1.807) is 6.92 Å². The molecule has 0 spiro atoms. The van der Waals surface area contributed by atoms with Crippen LogP contribution in [-0.2, 0) is 21.4 Å². The Hall–Kier alpha value is -2.42. The van der Waals surface area contributed by atoms with Gasteiger partial charge in [-0.25, -0.2) is 0 Å². The molecule has 0 saturated carbocycles. The molecule has 0 bridgehead atoms. The number of hydrogen-bond acceptors (Lipinski definition) is 3. The zero-order valence-corrected chi connectivity index (χ0v) is 12.5. The molecule has 22 heavy (non-hydrogen) atoms. The fraction of sp³-hybridized carbons (Fsp3) is 0.263. The summed E-state index contributed by atoms with van der Waals surface area (Å²) in [5.41, 5.74) is 1.76. The Bertz CT molecular complexity index is 706. The molecule has 3 rings (SSSR count). The summed E-state index contributed by atoms with van der Waals surface area (Å²) in [6.07, 6.45) is 0.628. The number of hydrogen-bond donors (Lipinski definition) is 0. The number of carbonyl (C=O) groups is 2. The van der Waals surface area contributed by atoms with Gasteiger partial charge in [-0.1, -0.05) is 54.6 Å². The third kappa shape index (κ3) is 2.33. The number of fused-ring (bicyclic) bond motifs is 1. The first-order chi connectivity index (χ1) is 10.7. The number of carbonyl (C=O) groups excluding carboxylic acids is 2. The van der Waals surface area contributed by atoms with E-state index in [1.165, 1.54) is 0 Å². The number of rotatable bonds is 4. The molecule has 0 radical (unpaired) electrons. The van der Waals surface area contributed by atoms with Crippen molar-refractivity contribution in [1.82, 2.24) is 0 Å². The van der Waals surface area contributed by atoms with Gasteiger partial charge in [0.25, 0.3) is 0 Å². The summed E-state index contributed by atoms with van der Waals surface area (Å²) in [5.74, 6) is -0.310. The smallest absolute Gasteiger partial charge is 0.307 e. The van der Waals surface area contributed by atoms with Gasteiger partial charge in [0.1, 0.15) is 0 Å². The second-order valence-corrected chi connectivity index (χ2v) is 5.59. The minimum atomic E-state index is -0.836. The Morgan fingerprint density at radius 2 is 1.77 bits per heavy atom. The van der Waals surface area contributed by atoms with Gasteiger partial charge in [0.05, 0.1) is 18.4 Å². The Morgan fingerprint density at radius 1 is 1.09 bits per heavy atom. The van der Waals surface area contributed by atoms with Crippen LogP contribution in [0.5, 0.6) is 0 Å². The molecule has 1 aliphatic rings. The van der Waals surface area contributed by atoms with E-state index >= 15 is 0 Å². The van der Waals surface area contributed by atoms with Gasteiger partial charge in [-0.05, 0) is 24.5 Å². The quantitative estimate of drug-likeness (QED) is 0.812. The van der Waals surface area contributed by atoms with Gasteiger partial charge in [-0.15, -0.1) is 0 Å². The fourth-order valence-electron chi connectivity index (χ4n) is 3.25. The van der Waals surface area contributed by atoms with Crippen molar-refractivity contribution in [2.45, 2.75) is 25.2 Å². The molecule has 0 fully saturated rings. The molecule has 0 heterocycles. The molecule has 0 amide bonds. The Kier molecular flexibility index (Phi) is 3.80. The first-order valence-electron chi connectivity index (χ1n) is 7.51. The SMILES string of the molecule is CCOC(=O)CC1(c2ccccc2)Cc2ccccc2C1=O. The van der Waals surface area contributed by atoms with Crippen molar-refractivity contribution in [1.29, 1.82) is 0 Å². The van der Waals surface area contributed by atoms with Crippen LogP contribution in [-0.4, -0.2) is 18.4 Å². The van der Waals surface area contributed by atoms with Crippen molar-refractivity contribution < 1.29 is 14.3 Å². The molecular formula is C19H18O3. The van der Waals surface area contributed by atoms with E-state index in [4.69, 9.17) is 4.74 Å². The molecular weight excluding hydrogens is 276 g/mol. The van der Waals surface area contributed by atoms with Crippen molar-refractivity contribution in [2.24, 2.45) is 0 Å². The maximum Gasteiger partial charge on any atom is 0.307 e. The fourth-order valence-corrected chi connectivity index (χ4v) is 3.25. The highest BCUT2D eigenvalue weighted by Gasteiger charge is 2.48. The second kappa shape index (κ2) is 5.76. The van der Waals surface area contributed by atoms with Crippen LogP contribution in [0.25, 0.3) is 0 Å². The summed E-state index contributed by atoms with van der Waals surface area (Å²) in [6, 6.07) is 17.1.